The Balaban J connectivity index is 1.89. The third-order valence-corrected chi connectivity index (χ3v) is 6.07. The molecule has 2 N–H and O–H groups in total. The molecule has 0 bridgehead atoms. The molecule has 0 amide bonds. The molecule has 0 unspecified atom stereocenters. The predicted molar refractivity (Wildman–Crippen MR) is 101 cm³/mol. The van der Waals surface area contributed by atoms with E-state index in [1.807, 2.05) is 26.0 Å². The zero-order chi connectivity index (χ0) is 19.6. The van der Waals surface area contributed by atoms with E-state index in [1.165, 1.54) is 0 Å². The number of carboxylic acids is 1. The minimum absolute atomic E-state index is 0.255. The molecule has 1 atom stereocenters. The van der Waals surface area contributed by atoms with Crippen molar-refractivity contribution in [3.8, 4) is 5.75 Å². The van der Waals surface area contributed by atoms with Gasteiger partial charge in [-0.25, -0.2) is 17.9 Å². The van der Waals surface area contributed by atoms with Crippen LogP contribution >= 0.6 is 0 Å². The van der Waals surface area contributed by atoms with E-state index in [2.05, 4.69) is 4.72 Å². The number of aliphatic carboxylic acids is 1. The summed E-state index contributed by atoms with van der Waals surface area (Å²) >= 11 is 0. The normalized spacial score (nSPS) is 16.6. The quantitative estimate of drug-likeness (QED) is 0.792. The number of fused-ring (bicyclic) bond motifs is 1. The lowest BCUT2D eigenvalue weighted by Crippen LogP contribution is -2.31. The van der Waals surface area contributed by atoms with Gasteiger partial charge in [-0.3, -0.25) is 0 Å². The van der Waals surface area contributed by atoms with Crippen LogP contribution in [0.2, 0.25) is 0 Å². The molecule has 27 heavy (non-hydrogen) atoms. The standard InChI is InChI=1S/C20H23NO5S/c1-13-9-14(2)11-15(10-13)27(24,25)21-18-7-3-6-17-16(18)5-4-8-19(17)26-12-20(22)23/h4-5,8-11,18,21H,3,6-7,12H2,1-2H3,(H,22,23)/t18-/m1/s1. The third kappa shape index (κ3) is 4.48. The van der Waals surface area contributed by atoms with Crippen molar-refractivity contribution in [2.45, 2.75) is 44.0 Å². The Hall–Kier alpha value is -2.38. The maximum atomic E-state index is 12.9. The number of carboxylic acid groups (broad SMARTS) is 1. The highest BCUT2D eigenvalue weighted by molar-refractivity contribution is 7.89. The van der Waals surface area contributed by atoms with Gasteiger partial charge in [0.2, 0.25) is 10.0 Å². The van der Waals surface area contributed by atoms with Crippen LogP contribution in [0.1, 0.15) is 41.1 Å². The van der Waals surface area contributed by atoms with E-state index < -0.39 is 22.6 Å². The number of sulfonamides is 1. The van der Waals surface area contributed by atoms with Gasteiger partial charge in [-0.1, -0.05) is 18.2 Å². The van der Waals surface area contributed by atoms with Crippen molar-refractivity contribution < 1.29 is 23.1 Å². The summed E-state index contributed by atoms with van der Waals surface area (Å²) in [7, 11) is -3.67. The molecule has 0 fully saturated rings. The van der Waals surface area contributed by atoms with Crippen LogP contribution in [0.25, 0.3) is 0 Å². The van der Waals surface area contributed by atoms with Crippen LogP contribution in [0.5, 0.6) is 5.75 Å². The molecule has 2 aromatic rings. The number of nitrogens with one attached hydrogen (secondary N) is 1. The fourth-order valence-electron chi connectivity index (χ4n) is 3.56. The van der Waals surface area contributed by atoms with Crippen LogP contribution < -0.4 is 9.46 Å². The average Bonchev–Trinajstić information content (AvgIpc) is 2.59. The Morgan fingerprint density at radius 3 is 2.59 bits per heavy atom. The van der Waals surface area contributed by atoms with Crippen molar-refractivity contribution in [3.63, 3.8) is 0 Å². The Morgan fingerprint density at radius 2 is 1.93 bits per heavy atom. The van der Waals surface area contributed by atoms with Gasteiger partial charge >= 0.3 is 5.97 Å². The first-order valence-electron chi connectivity index (χ1n) is 8.83. The van der Waals surface area contributed by atoms with Gasteiger partial charge in [0.25, 0.3) is 0 Å². The van der Waals surface area contributed by atoms with Crippen LogP contribution in [0.15, 0.2) is 41.3 Å². The lowest BCUT2D eigenvalue weighted by atomic mass is 9.87. The van der Waals surface area contributed by atoms with Crippen molar-refractivity contribution in [3.05, 3.63) is 58.7 Å². The molecule has 2 aromatic carbocycles. The van der Waals surface area contributed by atoms with Gasteiger partial charge in [0.1, 0.15) is 5.75 Å². The molecule has 0 aromatic heterocycles. The smallest absolute Gasteiger partial charge is 0.341 e. The minimum atomic E-state index is -3.67. The molecule has 6 nitrogen and oxygen atoms in total. The second-order valence-electron chi connectivity index (χ2n) is 6.90. The molecule has 3 rings (SSSR count). The van der Waals surface area contributed by atoms with Crippen LogP contribution in [-0.2, 0) is 21.2 Å². The molecule has 0 radical (unpaired) electrons. The summed E-state index contributed by atoms with van der Waals surface area (Å²) < 4.78 is 34.0. The Kier molecular flexibility index (Phi) is 5.53. The predicted octanol–water partition coefficient (Wildman–Crippen LogP) is 3.12. The molecule has 144 valence electrons. The summed E-state index contributed by atoms with van der Waals surface area (Å²) in [4.78, 5) is 11.0. The zero-order valence-corrected chi connectivity index (χ0v) is 16.2. The van der Waals surface area contributed by atoms with Gasteiger partial charge in [0.05, 0.1) is 4.90 Å². The first-order valence-corrected chi connectivity index (χ1v) is 10.3. The largest absolute Gasteiger partial charge is 0.482 e. The molecule has 7 heteroatoms. The van der Waals surface area contributed by atoms with E-state index >= 15 is 0 Å². The van der Waals surface area contributed by atoms with Gasteiger partial charge in [0, 0.05) is 6.04 Å². The van der Waals surface area contributed by atoms with Gasteiger partial charge in [0.15, 0.2) is 6.61 Å². The molecule has 0 spiro atoms. The Morgan fingerprint density at radius 1 is 1.22 bits per heavy atom. The van der Waals surface area contributed by atoms with Crippen molar-refractivity contribution >= 4 is 16.0 Å². The first-order chi connectivity index (χ1) is 12.8. The highest BCUT2D eigenvalue weighted by Gasteiger charge is 2.27. The van der Waals surface area contributed by atoms with Gasteiger partial charge in [-0.2, -0.15) is 0 Å². The number of rotatable bonds is 6. The molecule has 1 aliphatic rings. The number of hydrogen-bond acceptors (Lipinski definition) is 4. The Bertz CT molecular complexity index is 948. The topological polar surface area (TPSA) is 92.7 Å². The van der Waals surface area contributed by atoms with Crippen molar-refractivity contribution in [1.29, 1.82) is 0 Å². The summed E-state index contributed by atoms with van der Waals surface area (Å²) in [5.41, 5.74) is 3.50. The molecule has 1 aliphatic carbocycles. The van der Waals surface area contributed by atoms with Crippen molar-refractivity contribution in [2.75, 3.05) is 6.61 Å². The molecular weight excluding hydrogens is 366 g/mol. The molecule has 0 saturated heterocycles. The van der Waals surface area contributed by atoms with Crippen LogP contribution in [-0.4, -0.2) is 26.1 Å². The monoisotopic (exact) mass is 389 g/mol. The number of hydrogen-bond donors (Lipinski definition) is 2. The molecule has 0 heterocycles. The lowest BCUT2D eigenvalue weighted by molar-refractivity contribution is -0.139. The van der Waals surface area contributed by atoms with Gasteiger partial charge < -0.3 is 9.84 Å². The van der Waals surface area contributed by atoms with Gasteiger partial charge in [-0.05, 0) is 73.6 Å². The van der Waals surface area contributed by atoms with E-state index in [0.29, 0.717) is 12.2 Å². The van der Waals surface area contributed by atoms with Crippen LogP contribution in [0.3, 0.4) is 0 Å². The third-order valence-electron chi connectivity index (χ3n) is 4.62. The number of benzene rings is 2. The second kappa shape index (κ2) is 7.70. The molecule has 0 saturated carbocycles. The highest BCUT2D eigenvalue weighted by atomic mass is 32.2. The summed E-state index contributed by atoms with van der Waals surface area (Å²) in [5, 5.41) is 8.84. The van der Waals surface area contributed by atoms with Gasteiger partial charge in [-0.15, -0.1) is 0 Å². The number of ether oxygens (including phenoxy) is 1. The van der Waals surface area contributed by atoms with Crippen molar-refractivity contribution in [2.24, 2.45) is 0 Å². The summed E-state index contributed by atoms with van der Waals surface area (Å²) in [6.07, 6.45) is 2.20. The Labute approximate surface area is 159 Å². The summed E-state index contributed by atoms with van der Waals surface area (Å²) in [5.74, 6) is -0.541. The van der Waals surface area contributed by atoms with E-state index in [1.54, 1.807) is 24.3 Å². The van der Waals surface area contributed by atoms with E-state index in [9.17, 15) is 13.2 Å². The van der Waals surface area contributed by atoms with E-state index in [-0.39, 0.29) is 10.9 Å². The average molecular weight is 389 g/mol. The maximum absolute atomic E-state index is 12.9. The van der Waals surface area contributed by atoms with E-state index in [4.69, 9.17) is 9.84 Å². The lowest BCUT2D eigenvalue weighted by Gasteiger charge is -2.27. The fourth-order valence-corrected chi connectivity index (χ4v) is 4.99. The second-order valence-corrected chi connectivity index (χ2v) is 8.61. The van der Waals surface area contributed by atoms with Crippen molar-refractivity contribution in [1.82, 2.24) is 4.72 Å². The zero-order valence-electron chi connectivity index (χ0n) is 15.4. The maximum Gasteiger partial charge on any atom is 0.341 e. The number of carbonyl (C=O) groups is 1. The van der Waals surface area contributed by atoms with E-state index in [0.717, 1.165) is 35.1 Å². The highest BCUT2D eigenvalue weighted by Crippen LogP contribution is 2.36. The van der Waals surface area contributed by atoms with Crippen LogP contribution in [0.4, 0.5) is 0 Å². The summed E-state index contributed by atoms with van der Waals surface area (Å²) in [6.45, 7) is 3.32. The minimum Gasteiger partial charge on any atom is -0.482 e. The number of aryl methyl sites for hydroxylation is 2. The molecule has 0 aliphatic heterocycles. The first kappa shape index (κ1) is 19.4. The SMILES string of the molecule is Cc1cc(C)cc(S(=O)(=O)N[C@@H]2CCCc3c(OCC(=O)O)cccc32)c1. The van der Waals surface area contributed by atoms with Crippen LogP contribution in [0, 0.1) is 13.8 Å². The summed E-state index contributed by atoms with van der Waals surface area (Å²) in [6, 6.07) is 10.2. The molecular formula is C20H23NO5S. The fraction of sp³-hybridized carbons (Fsp3) is 0.350.